The number of ether oxygens (including phenoxy) is 1. The topological polar surface area (TPSA) is 80.1 Å². The van der Waals surface area contributed by atoms with E-state index in [1.54, 1.807) is 12.4 Å². The molecule has 0 saturated carbocycles. The quantitative estimate of drug-likeness (QED) is 0.401. The molecule has 0 bridgehead atoms. The molecule has 2 aromatic heterocycles. The number of halogens is 4. The van der Waals surface area contributed by atoms with Crippen molar-refractivity contribution in [1.29, 1.82) is 0 Å². The van der Waals surface area contributed by atoms with Crippen molar-refractivity contribution < 1.29 is 22.3 Å². The van der Waals surface area contributed by atoms with Gasteiger partial charge < -0.3 is 20.4 Å². The van der Waals surface area contributed by atoms with Gasteiger partial charge in [0, 0.05) is 37.1 Å². The lowest BCUT2D eigenvalue weighted by atomic mass is 10.0. The summed E-state index contributed by atoms with van der Waals surface area (Å²) in [6.07, 6.45) is -1.06. The van der Waals surface area contributed by atoms with E-state index < -0.39 is 17.9 Å². The summed E-state index contributed by atoms with van der Waals surface area (Å²) >= 11 is 0. The molecule has 3 N–H and O–H groups in total. The predicted molar refractivity (Wildman–Crippen MR) is 121 cm³/mol. The highest BCUT2D eigenvalue weighted by Crippen LogP contribution is 2.41. The van der Waals surface area contributed by atoms with Crippen LogP contribution < -0.4 is 15.4 Å². The Morgan fingerprint density at radius 2 is 1.94 bits per heavy atom. The first kappa shape index (κ1) is 22.1. The third-order valence-corrected chi connectivity index (χ3v) is 5.90. The van der Waals surface area contributed by atoms with Gasteiger partial charge in [-0.1, -0.05) is 18.2 Å². The number of H-pyrrole nitrogens is 1. The molecule has 176 valence electrons. The monoisotopic (exact) mass is 471 g/mol. The van der Waals surface area contributed by atoms with E-state index in [1.807, 2.05) is 25.1 Å². The minimum absolute atomic E-state index is 0.0517. The van der Waals surface area contributed by atoms with Gasteiger partial charge in [0.1, 0.15) is 5.82 Å². The lowest BCUT2D eigenvalue weighted by Gasteiger charge is -2.24. The maximum atomic E-state index is 14.1. The van der Waals surface area contributed by atoms with E-state index >= 15 is 0 Å². The summed E-state index contributed by atoms with van der Waals surface area (Å²) in [6.45, 7) is 3.16. The van der Waals surface area contributed by atoms with Crippen LogP contribution >= 0.6 is 0 Å². The molecular formula is C24H21F4N5O. The van der Waals surface area contributed by atoms with Gasteiger partial charge in [-0.25, -0.2) is 9.37 Å². The Bertz CT molecular complexity index is 1370. The zero-order valence-corrected chi connectivity index (χ0v) is 18.2. The minimum Gasteiger partial charge on any atom is -0.403 e. The van der Waals surface area contributed by atoms with Crippen molar-refractivity contribution in [1.82, 2.24) is 15.0 Å². The van der Waals surface area contributed by atoms with Crippen LogP contribution in [-0.2, 0) is 0 Å². The van der Waals surface area contributed by atoms with Crippen molar-refractivity contribution in [2.45, 2.75) is 25.7 Å². The number of aryl methyl sites for hydroxylation is 1. The fourth-order valence-electron chi connectivity index (χ4n) is 4.35. The van der Waals surface area contributed by atoms with E-state index in [0.29, 0.717) is 41.3 Å². The normalized spacial score (nSPS) is 16.4. The van der Waals surface area contributed by atoms with E-state index in [9.17, 15) is 17.6 Å². The van der Waals surface area contributed by atoms with E-state index in [2.05, 4.69) is 19.6 Å². The van der Waals surface area contributed by atoms with Crippen LogP contribution in [0.2, 0.25) is 0 Å². The number of hydrogen-bond donors (Lipinski definition) is 2. The number of hydrogen-bond acceptors (Lipinski definition) is 5. The molecule has 1 fully saturated rings. The molecule has 0 spiro atoms. The summed E-state index contributed by atoms with van der Waals surface area (Å²) in [5.74, 6) is -1.44. The highest BCUT2D eigenvalue weighted by atomic mass is 19.4. The Kier molecular flexibility index (Phi) is 5.40. The average molecular weight is 471 g/mol. The Morgan fingerprint density at radius 1 is 1.15 bits per heavy atom. The average Bonchev–Trinajstić information content (AvgIpc) is 3.41. The Morgan fingerprint density at radius 3 is 2.65 bits per heavy atom. The van der Waals surface area contributed by atoms with E-state index in [-0.39, 0.29) is 6.04 Å². The molecule has 2 aromatic carbocycles. The molecule has 0 unspecified atom stereocenters. The number of anilines is 1. The predicted octanol–water partition coefficient (Wildman–Crippen LogP) is 5.18. The first-order valence-corrected chi connectivity index (χ1v) is 10.7. The maximum absolute atomic E-state index is 14.1. The van der Waals surface area contributed by atoms with Crippen molar-refractivity contribution in [2.24, 2.45) is 5.73 Å². The van der Waals surface area contributed by atoms with Crippen LogP contribution in [0.1, 0.15) is 12.0 Å². The van der Waals surface area contributed by atoms with Gasteiger partial charge in [-0.15, -0.1) is 13.2 Å². The van der Waals surface area contributed by atoms with E-state index in [4.69, 9.17) is 10.7 Å². The third-order valence-electron chi connectivity index (χ3n) is 5.90. The number of para-hydroxylation sites is 1. The van der Waals surface area contributed by atoms with Crippen LogP contribution in [0.3, 0.4) is 0 Å². The van der Waals surface area contributed by atoms with Crippen LogP contribution in [-0.4, -0.2) is 40.4 Å². The SMILES string of the molecule is Cc1cccc2[nH]c(-c3cncc(-c4ccc(F)c(OC(F)(F)F)c4)c3N3CC[C@H](N)C3)nc12. The standard InChI is InChI=1S/C24H21F4N5O/c1-13-3-2-4-19-21(13)32-23(31-19)17-11-30-10-16(22(17)33-8-7-15(29)12-33)14-5-6-18(25)20(9-14)34-24(26,27)28/h2-6,9-11,15H,7-8,12,29H2,1H3,(H,31,32)/t15-/m0/s1. The molecule has 1 atom stereocenters. The first-order valence-electron chi connectivity index (χ1n) is 10.7. The smallest absolute Gasteiger partial charge is 0.403 e. The molecule has 0 amide bonds. The molecule has 1 aliphatic heterocycles. The molecular weight excluding hydrogens is 450 g/mol. The number of fused-ring (bicyclic) bond motifs is 1. The van der Waals surface area contributed by atoms with Crippen molar-refractivity contribution in [3.05, 3.63) is 60.2 Å². The van der Waals surface area contributed by atoms with E-state index in [0.717, 1.165) is 35.2 Å². The fraction of sp³-hybridized carbons (Fsp3) is 0.250. The lowest BCUT2D eigenvalue weighted by Crippen LogP contribution is -2.27. The van der Waals surface area contributed by atoms with Gasteiger partial charge in [-0.05, 0) is 42.7 Å². The maximum Gasteiger partial charge on any atom is 0.573 e. The Hall–Kier alpha value is -3.66. The molecule has 0 radical (unpaired) electrons. The van der Waals surface area contributed by atoms with Crippen LogP contribution in [0.4, 0.5) is 23.2 Å². The van der Waals surface area contributed by atoms with Crippen LogP contribution in [0.25, 0.3) is 33.5 Å². The number of alkyl halides is 3. The summed E-state index contributed by atoms with van der Waals surface area (Å²) in [7, 11) is 0. The van der Waals surface area contributed by atoms with E-state index in [1.165, 1.54) is 6.07 Å². The van der Waals surface area contributed by atoms with Gasteiger partial charge in [-0.3, -0.25) is 4.98 Å². The minimum atomic E-state index is -5.02. The van der Waals surface area contributed by atoms with Gasteiger partial charge >= 0.3 is 6.36 Å². The van der Waals surface area contributed by atoms with Gasteiger partial charge in [-0.2, -0.15) is 0 Å². The summed E-state index contributed by atoms with van der Waals surface area (Å²) < 4.78 is 56.4. The Labute approximate surface area is 192 Å². The zero-order valence-electron chi connectivity index (χ0n) is 18.2. The summed E-state index contributed by atoms with van der Waals surface area (Å²) in [6, 6.07) is 9.14. The number of nitrogens with two attached hydrogens (primary N) is 1. The Balaban J connectivity index is 1.69. The molecule has 1 saturated heterocycles. The second kappa shape index (κ2) is 8.28. The number of rotatable bonds is 4. The zero-order chi connectivity index (χ0) is 24.0. The van der Waals surface area contributed by atoms with Crippen LogP contribution in [0, 0.1) is 12.7 Å². The van der Waals surface area contributed by atoms with Crippen LogP contribution in [0.15, 0.2) is 48.8 Å². The molecule has 10 heteroatoms. The number of benzene rings is 2. The summed E-state index contributed by atoms with van der Waals surface area (Å²) in [4.78, 5) is 14.5. The highest BCUT2D eigenvalue weighted by molar-refractivity contribution is 5.91. The summed E-state index contributed by atoms with van der Waals surface area (Å²) in [5.41, 5.74) is 11.1. The molecule has 1 aliphatic rings. The van der Waals surface area contributed by atoms with Gasteiger partial charge in [0.05, 0.1) is 22.3 Å². The van der Waals surface area contributed by atoms with Crippen molar-refractivity contribution in [2.75, 3.05) is 18.0 Å². The largest absolute Gasteiger partial charge is 0.573 e. The number of nitrogens with zero attached hydrogens (tertiary/aromatic N) is 3. The number of aromatic amines is 1. The second-order valence-electron chi connectivity index (χ2n) is 8.33. The number of nitrogens with one attached hydrogen (secondary N) is 1. The van der Waals surface area contributed by atoms with Gasteiger partial charge in [0.25, 0.3) is 0 Å². The molecule has 6 nitrogen and oxygen atoms in total. The van der Waals surface area contributed by atoms with Crippen molar-refractivity contribution >= 4 is 16.7 Å². The number of aromatic nitrogens is 3. The second-order valence-corrected chi connectivity index (χ2v) is 8.33. The van der Waals surface area contributed by atoms with Crippen molar-refractivity contribution in [3.63, 3.8) is 0 Å². The fourth-order valence-corrected chi connectivity index (χ4v) is 4.35. The van der Waals surface area contributed by atoms with Gasteiger partial charge in [0.15, 0.2) is 11.6 Å². The lowest BCUT2D eigenvalue weighted by molar-refractivity contribution is -0.275. The molecule has 5 rings (SSSR count). The van der Waals surface area contributed by atoms with Gasteiger partial charge in [0.2, 0.25) is 0 Å². The summed E-state index contributed by atoms with van der Waals surface area (Å²) in [5, 5.41) is 0. The molecule has 3 heterocycles. The molecule has 34 heavy (non-hydrogen) atoms. The first-order chi connectivity index (χ1) is 16.2. The van der Waals surface area contributed by atoms with Crippen molar-refractivity contribution in [3.8, 4) is 28.3 Å². The molecule has 0 aliphatic carbocycles. The number of imidazole rings is 1. The third kappa shape index (κ3) is 4.16. The van der Waals surface area contributed by atoms with Crippen LogP contribution in [0.5, 0.6) is 5.75 Å². The highest BCUT2D eigenvalue weighted by Gasteiger charge is 2.33. The molecule has 4 aromatic rings. The number of pyridine rings is 1.